The molecule has 2 aromatic rings. The zero-order valence-corrected chi connectivity index (χ0v) is 8.19. The first-order valence-electron chi connectivity index (χ1n) is 3.33. The Morgan fingerprint density at radius 3 is 1.00 bits per heavy atom. The van der Waals surface area contributed by atoms with Crippen LogP contribution in [-0.2, 0) is 21.1 Å². The molecule has 0 saturated carbocycles. The minimum absolute atomic E-state index is 0. The average Bonchev–Trinajstić information content (AvgIpc) is 2.67. The van der Waals surface area contributed by atoms with E-state index in [-0.39, 0.29) is 23.9 Å². The van der Waals surface area contributed by atoms with E-state index in [1.54, 1.807) is 0 Å². The van der Waals surface area contributed by atoms with Crippen molar-refractivity contribution in [2.45, 2.75) is 0 Å². The molecule has 0 aliphatic carbocycles. The van der Waals surface area contributed by atoms with E-state index in [0.717, 1.165) is 0 Å². The third-order valence-electron chi connectivity index (χ3n) is 1.11. The van der Waals surface area contributed by atoms with Gasteiger partial charge in [-0.2, -0.15) is 36.4 Å². The van der Waals surface area contributed by atoms with E-state index >= 15 is 0 Å². The fraction of sp³-hybridized carbons (Fsp3) is 0. The van der Waals surface area contributed by atoms with Crippen molar-refractivity contribution in [2.24, 2.45) is 0 Å². The van der Waals surface area contributed by atoms with Crippen LogP contribution in [0.3, 0.4) is 0 Å². The molecule has 0 nitrogen and oxygen atoms in total. The zero-order chi connectivity index (χ0) is 7.07. The second-order valence-electron chi connectivity index (χ2n) is 1.92. The van der Waals surface area contributed by atoms with Crippen LogP contribution in [0.5, 0.6) is 0 Å². The monoisotopic (exact) mass is 230 g/mol. The molecule has 0 atom stereocenters. The summed E-state index contributed by atoms with van der Waals surface area (Å²) < 4.78 is 0. The standard InChI is InChI=1S/2C5H5.Mo.2H/c2*1-2-4-5-3-1;;;/h2*1-5H;;;/q2*-1;+2;2*-1. The van der Waals surface area contributed by atoms with Gasteiger partial charge in [0.2, 0.25) is 0 Å². The summed E-state index contributed by atoms with van der Waals surface area (Å²) in [6, 6.07) is 20.0. The molecule has 0 amide bonds. The van der Waals surface area contributed by atoms with Gasteiger partial charge in [-0.05, 0) is 0 Å². The van der Waals surface area contributed by atoms with Crippen LogP contribution < -0.4 is 0 Å². The van der Waals surface area contributed by atoms with Crippen molar-refractivity contribution < 1.29 is 23.9 Å². The molecule has 0 radical (unpaired) electrons. The van der Waals surface area contributed by atoms with Gasteiger partial charge in [0, 0.05) is 0 Å². The molecule has 11 heavy (non-hydrogen) atoms. The largest absolute Gasteiger partial charge is 2.00 e. The van der Waals surface area contributed by atoms with Gasteiger partial charge in [-0.3, -0.25) is 0 Å². The molecule has 0 bridgehead atoms. The van der Waals surface area contributed by atoms with Crippen molar-refractivity contribution in [1.82, 2.24) is 0 Å². The van der Waals surface area contributed by atoms with Crippen molar-refractivity contribution in [3.8, 4) is 0 Å². The van der Waals surface area contributed by atoms with Crippen molar-refractivity contribution in [1.29, 1.82) is 0 Å². The van der Waals surface area contributed by atoms with Crippen molar-refractivity contribution >= 4 is 0 Å². The summed E-state index contributed by atoms with van der Waals surface area (Å²) in [7, 11) is 0. The fourth-order valence-electron chi connectivity index (χ4n) is 0.642. The van der Waals surface area contributed by atoms with Crippen LogP contribution in [0.2, 0.25) is 0 Å². The molecule has 0 unspecified atom stereocenters. The van der Waals surface area contributed by atoms with Crippen LogP contribution in [0.1, 0.15) is 2.85 Å². The molecular weight excluding hydrogens is 216 g/mol. The van der Waals surface area contributed by atoms with Gasteiger partial charge in [0.05, 0.1) is 0 Å². The third kappa shape index (κ3) is 5.81. The summed E-state index contributed by atoms with van der Waals surface area (Å²) in [5.74, 6) is 0. The average molecular weight is 228 g/mol. The first-order valence-corrected chi connectivity index (χ1v) is 3.33. The van der Waals surface area contributed by atoms with Gasteiger partial charge in [0.1, 0.15) is 0 Å². The van der Waals surface area contributed by atoms with Gasteiger partial charge < -0.3 is 2.85 Å². The quantitative estimate of drug-likeness (QED) is 0.480. The summed E-state index contributed by atoms with van der Waals surface area (Å²) in [5, 5.41) is 0. The molecule has 2 aromatic carbocycles. The number of hydrogen-bond donors (Lipinski definition) is 0. The summed E-state index contributed by atoms with van der Waals surface area (Å²) >= 11 is 0. The Labute approximate surface area is 84.8 Å². The molecule has 0 heterocycles. The number of rotatable bonds is 0. The summed E-state index contributed by atoms with van der Waals surface area (Å²) in [6.07, 6.45) is 0. The SMILES string of the molecule is [H-].[H-].[Mo+2].c1cc[cH-]c1.c1cc[cH-]c1. The normalized spacial score (nSPS) is 7.27. The van der Waals surface area contributed by atoms with Gasteiger partial charge >= 0.3 is 21.1 Å². The van der Waals surface area contributed by atoms with Crippen LogP contribution in [0.15, 0.2) is 60.7 Å². The predicted octanol–water partition coefficient (Wildman–Crippen LogP) is 3.03. The van der Waals surface area contributed by atoms with E-state index in [2.05, 4.69) is 0 Å². The molecule has 60 valence electrons. The van der Waals surface area contributed by atoms with Crippen LogP contribution in [0.25, 0.3) is 0 Å². The van der Waals surface area contributed by atoms with Gasteiger partial charge in [0.15, 0.2) is 0 Å². The summed E-state index contributed by atoms with van der Waals surface area (Å²) in [6.45, 7) is 0. The van der Waals surface area contributed by atoms with Crippen LogP contribution in [0.4, 0.5) is 0 Å². The second-order valence-corrected chi connectivity index (χ2v) is 1.92. The maximum absolute atomic E-state index is 2.00. The maximum Gasteiger partial charge on any atom is 2.00 e. The number of hydrogen-bond acceptors (Lipinski definition) is 0. The Morgan fingerprint density at radius 1 is 0.636 bits per heavy atom. The van der Waals surface area contributed by atoms with Crippen molar-refractivity contribution in [2.75, 3.05) is 0 Å². The summed E-state index contributed by atoms with van der Waals surface area (Å²) in [4.78, 5) is 0. The molecule has 0 saturated heterocycles. The minimum atomic E-state index is 0. The predicted molar refractivity (Wildman–Crippen MR) is 46.3 cm³/mol. The smallest absolute Gasteiger partial charge is 1.00 e. The van der Waals surface area contributed by atoms with Gasteiger partial charge in [-0.1, -0.05) is 0 Å². The molecule has 0 N–H and O–H groups in total. The van der Waals surface area contributed by atoms with Gasteiger partial charge in [0.25, 0.3) is 0 Å². The first kappa shape index (κ1) is 10.4. The summed E-state index contributed by atoms with van der Waals surface area (Å²) in [5.41, 5.74) is 0. The van der Waals surface area contributed by atoms with E-state index in [4.69, 9.17) is 0 Å². The molecule has 0 aliphatic heterocycles. The Balaban J connectivity index is -0.000000125. The molecule has 0 spiro atoms. The van der Waals surface area contributed by atoms with Crippen LogP contribution >= 0.6 is 0 Å². The van der Waals surface area contributed by atoms with E-state index in [9.17, 15) is 0 Å². The zero-order valence-electron chi connectivity index (χ0n) is 8.18. The Morgan fingerprint density at radius 2 is 0.909 bits per heavy atom. The van der Waals surface area contributed by atoms with Crippen LogP contribution in [0, 0.1) is 0 Å². The topological polar surface area (TPSA) is 0 Å². The van der Waals surface area contributed by atoms with Crippen LogP contribution in [-0.4, -0.2) is 0 Å². The van der Waals surface area contributed by atoms with Crippen molar-refractivity contribution in [3.63, 3.8) is 0 Å². The Bertz CT molecular complexity index is 152. The Hall–Kier alpha value is -0.612. The molecule has 0 aromatic heterocycles. The first-order chi connectivity index (χ1) is 5.00. The van der Waals surface area contributed by atoms with E-state index in [1.807, 2.05) is 60.7 Å². The maximum atomic E-state index is 2.00. The minimum Gasteiger partial charge on any atom is -1.00 e. The van der Waals surface area contributed by atoms with Gasteiger partial charge in [-0.15, -0.1) is 0 Å². The molecule has 2 rings (SSSR count). The molecular formula is C10H12Mo-2. The van der Waals surface area contributed by atoms with E-state index in [0.29, 0.717) is 0 Å². The molecule has 1 heteroatoms. The molecule has 0 aliphatic rings. The second kappa shape index (κ2) is 7.49. The van der Waals surface area contributed by atoms with Crippen molar-refractivity contribution in [3.05, 3.63) is 60.7 Å². The van der Waals surface area contributed by atoms with Gasteiger partial charge in [-0.25, -0.2) is 24.3 Å². The van der Waals surface area contributed by atoms with E-state index in [1.165, 1.54) is 0 Å². The molecule has 0 fully saturated rings. The van der Waals surface area contributed by atoms with E-state index < -0.39 is 0 Å². The Kier molecular flexibility index (Phi) is 7.08. The fourth-order valence-corrected chi connectivity index (χ4v) is 0.642. The third-order valence-corrected chi connectivity index (χ3v) is 1.11.